The van der Waals surface area contributed by atoms with Crippen LogP contribution >= 0.6 is 0 Å². The van der Waals surface area contributed by atoms with E-state index in [1.54, 1.807) is 13.8 Å². The first kappa shape index (κ1) is 15.3. The summed E-state index contributed by atoms with van der Waals surface area (Å²) in [6.45, 7) is 5.82. The van der Waals surface area contributed by atoms with Gasteiger partial charge in [0.05, 0.1) is 6.10 Å². The minimum absolute atomic E-state index is 0.165. The molecule has 1 amide bonds. The van der Waals surface area contributed by atoms with E-state index in [1.165, 1.54) is 0 Å². The zero-order valence-corrected chi connectivity index (χ0v) is 12.6. The van der Waals surface area contributed by atoms with Crippen LogP contribution in [0.2, 0.25) is 0 Å². The van der Waals surface area contributed by atoms with Crippen molar-refractivity contribution in [2.75, 3.05) is 6.54 Å². The van der Waals surface area contributed by atoms with Gasteiger partial charge in [-0.25, -0.2) is 0 Å². The summed E-state index contributed by atoms with van der Waals surface area (Å²) in [6.07, 6.45) is -1.28. The Kier molecular flexibility index (Phi) is 4.81. The van der Waals surface area contributed by atoms with Crippen LogP contribution in [-0.2, 0) is 4.79 Å². The predicted molar refractivity (Wildman–Crippen MR) is 83.4 cm³/mol. The molecule has 112 valence electrons. The van der Waals surface area contributed by atoms with E-state index in [0.29, 0.717) is 17.9 Å². The van der Waals surface area contributed by atoms with E-state index in [-0.39, 0.29) is 5.91 Å². The zero-order chi connectivity index (χ0) is 15.4. The van der Waals surface area contributed by atoms with Crippen LogP contribution in [0.15, 0.2) is 36.4 Å². The average Bonchev–Trinajstić information content (AvgIpc) is 2.47. The fraction of sp³-hybridized carbons (Fsp3) is 0.353. The van der Waals surface area contributed by atoms with Gasteiger partial charge in [0, 0.05) is 17.5 Å². The Hall–Kier alpha value is -2.07. The molecule has 0 aliphatic carbocycles. The topological polar surface area (TPSA) is 58.6 Å². The van der Waals surface area contributed by atoms with E-state index in [2.05, 4.69) is 5.32 Å². The monoisotopic (exact) mass is 287 g/mol. The number of carbonyl (C=O) groups excluding carboxylic acids is 1. The van der Waals surface area contributed by atoms with Gasteiger partial charge < -0.3 is 15.2 Å². The molecule has 0 saturated heterocycles. The molecule has 4 heteroatoms. The first-order valence-corrected chi connectivity index (χ1v) is 7.18. The highest BCUT2D eigenvalue weighted by Crippen LogP contribution is 2.34. The quantitative estimate of drug-likeness (QED) is 0.889. The number of carbonyl (C=O) groups is 1. The van der Waals surface area contributed by atoms with Crippen molar-refractivity contribution >= 4 is 16.7 Å². The Morgan fingerprint density at radius 1 is 1.24 bits per heavy atom. The van der Waals surface area contributed by atoms with E-state index in [4.69, 9.17) is 4.74 Å². The molecule has 0 aromatic heterocycles. The summed E-state index contributed by atoms with van der Waals surface area (Å²) < 4.78 is 5.86. The lowest BCUT2D eigenvalue weighted by atomic mass is 10.0. The molecule has 2 atom stereocenters. The van der Waals surface area contributed by atoms with Gasteiger partial charge in [0.2, 0.25) is 0 Å². The van der Waals surface area contributed by atoms with Gasteiger partial charge in [-0.05, 0) is 26.2 Å². The smallest absolute Gasteiger partial charge is 0.260 e. The van der Waals surface area contributed by atoms with E-state index in [0.717, 1.165) is 10.8 Å². The lowest BCUT2D eigenvalue weighted by Crippen LogP contribution is -2.36. The SMILES string of the molecule is CCNC(=O)C(C)Oc1c([C@@H](C)O)ccc2ccccc12. The molecule has 0 aliphatic heterocycles. The third-order valence-corrected chi connectivity index (χ3v) is 3.38. The third kappa shape index (κ3) is 3.34. The van der Waals surface area contributed by atoms with Crippen LogP contribution in [0.25, 0.3) is 10.8 Å². The molecule has 0 aliphatic rings. The highest BCUT2D eigenvalue weighted by atomic mass is 16.5. The summed E-state index contributed by atoms with van der Waals surface area (Å²) in [6, 6.07) is 11.6. The molecule has 0 saturated carbocycles. The van der Waals surface area contributed by atoms with E-state index < -0.39 is 12.2 Å². The van der Waals surface area contributed by atoms with Crippen molar-refractivity contribution in [2.24, 2.45) is 0 Å². The zero-order valence-electron chi connectivity index (χ0n) is 12.6. The molecule has 0 spiro atoms. The Morgan fingerprint density at radius 3 is 2.62 bits per heavy atom. The van der Waals surface area contributed by atoms with Gasteiger partial charge in [-0.1, -0.05) is 36.4 Å². The van der Waals surface area contributed by atoms with Crippen LogP contribution in [0.1, 0.15) is 32.4 Å². The first-order chi connectivity index (χ1) is 10.0. The van der Waals surface area contributed by atoms with Crippen molar-refractivity contribution < 1.29 is 14.6 Å². The van der Waals surface area contributed by atoms with Crippen molar-refractivity contribution in [1.29, 1.82) is 0 Å². The summed E-state index contributed by atoms with van der Waals surface area (Å²) in [4.78, 5) is 11.9. The van der Waals surface area contributed by atoms with Crippen LogP contribution in [-0.4, -0.2) is 23.7 Å². The molecule has 0 fully saturated rings. The molecular weight excluding hydrogens is 266 g/mol. The number of rotatable bonds is 5. The van der Waals surface area contributed by atoms with Crippen molar-refractivity contribution in [2.45, 2.75) is 33.0 Å². The normalized spacial score (nSPS) is 13.7. The number of nitrogens with one attached hydrogen (secondary N) is 1. The number of ether oxygens (including phenoxy) is 1. The summed E-state index contributed by atoms with van der Waals surface area (Å²) >= 11 is 0. The van der Waals surface area contributed by atoms with E-state index in [9.17, 15) is 9.90 Å². The van der Waals surface area contributed by atoms with Gasteiger partial charge in [-0.2, -0.15) is 0 Å². The van der Waals surface area contributed by atoms with Gasteiger partial charge in [0.1, 0.15) is 5.75 Å². The Balaban J connectivity index is 2.44. The number of fused-ring (bicyclic) bond motifs is 1. The largest absolute Gasteiger partial charge is 0.480 e. The molecule has 4 nitrogen and oxygen atoms in total. The maximum Gasteiger partial charge on any atom is 0.260 e. The van der Waals surface area contributed by atoms with Crippen molar-refractivity contribution in [1.82, 2.24) is 5.32 Å². The molecule has 21 heavy (non-hydrogen) atoms. The van der Waals surface area contributed by atoms with E-state index in [1.807, 2.05) is 43.3 Å². The lowest BCUT2D eigenvalue weighted by Gasteiger charge is -2.20. The molecule has 1 unspecified atom stereocenters. The van der Waals surface area contributed by atoms with Gasteiger partial charge >= 0.3 is 0 Å². The fourth-order valence-corrected chi connectivity index (χ4v) is 2.27. The standard InChI is InChI=1S/C17H21NO3/c1-4-18-17(20)12(3)21-16-14(11(2)19)10-9-13-7-5-6-8-15(13)16/h5-12,19H,4H2,1-3H3,(H,18,20)/t11-,12?/m1/s1. The molecule has 0 radical (unpaired) electrons. The van der Waals surface area contributed by atoms with Gasteiger partial charge in [0.15, 0.2) is 6.10 Å². The van der Waals surface area contributed by atoms with Crippen LogP contribution in [0.3, 0.4) is 0 Å². The Labute approximate surface area is 124 Å². The van der Waals surface area contributed by atoms with Crippen LogP contribution < -0.4 is 10.1 Å². The van der Waals surface area contributed by atoms with Gasteiger partial charge in [0.25, 0.3) is 5.91 Å². The van der Waals surface area contributed by atoms with Gasteiger partial charge in [-0.3, -0.25) is 4.79 Å². The maximum atomic E-state index is 11.9. The summed E-state index contributed by atoms with van der Waals surface area (Å²) in [7, 11) is 0. The van der Waals surface area contributed by atoms with Crippen molar-refractivity contribution in [3.63, 3.8) is 0 Å². The highest BCUT2D eigenvalue weighted by molar-refractivity contribution is 5.90. The number of benzene rings is 2. The number of aliphatic hydroxyl groups excluding tert-OH is 1. The number of amides is 1. The van der Waals surface area contributed by atoms with Crippen molar-refractivity contribution in [3.05, 3.63) is 42.0 Å². The minimum Gasteiger partial charge on any atom is -0.480 e. The molecule has 2 aromatic rings. The Bertz CT molecular complexity index is 637. The average molecular weight is 287 g/mol. The molecule has 0 bridgehead atoms. The highest BCUT2D eigenvalue weighted by Gasteiger charge is 2.19. The van der Waals surface area contributed by atoms with Crippen LogP contribution in [0.4, 0.5) is 0 Å². The number of hydrogen-bond acceptors (Lipinski definition) is 3. The van der Waals surface area contributed by atoms with Crippen LogP contribution in [0.5, 0.6) is 5.75 Å². The Morgan fingerprint density at radius 2 is 1.95 bits per heavy atom. The molecule has 0 heterocycles. The first-order valence-electron chi connectivity index (χ1n) is 7.18. The summed E-state index contributed by atoms with van der Waals surface area (Å²) in [5.41, 5.74) is 0.685. The second kappa shape index (κ2) is 6.59. The molecule has 2 N–H and O–H groups in total. The molecule has 2 aromatic carbocycles. The second-order valence-corrected chi connectivity index (χ2v) is 5.04. The molecule has 2 rings (SSSR count). The number of hydrogen-bond donors (Lipinski definition) is 2. The summed E-state index contributed by atoms with van der Waals surface area (Å²) in [5, 5.41) is 14.6. The maximum absolute atomic E-state index is 11.9. The summed E-state index contributed by atoms with van der Waals surface area (Å²) in [5.74, 6) is 0.406. The predicted octanol–water partition coefficient (Wildman–Crippen LogP) is 2.80. The third-order valence-electron chi connectivity index (χ3n) is 3.38. The number of likely N-dealkylation sites (N-methyl/N-ethyl adjacent to an activating group) is 1. The van der Waals surface area contributed by atoms with Gasteiger partial charge in [-0.15, -0.1) is 0 Å². The van der Waals surface area contributed by atoms with Crippen molar-refractivity contribution in [3.8, 4) is 5.75 Å². The minimum atomic E-state index is -0.661. The van der Waals surface area contributed by atoms with Crippen LogP contribution in [0, 0.1) is 0 Å². The second-order valence-electron chi connectivity index (χ2n) is 5.04. The molecular formula is C17H21NO3. The number of aliphatic hydroxyl groups is 1. The fourth-order valence-electron chi connectivity index (χ4n) is 2.27. The van der Waals surface area contributed by atoms with E-state index >= 15 is 0 Å². The lowest BCUT2D eigenvalue weighted by molar-refractivity contribution is -0.127.